The van der Waals surface area contributed by atoms with Crippen molar-refractivity contribution in [1.29, 1.82) is 0 Å². The van der Waals surface area contributed by atoms with E-state index in [1.165, 1.54) is 44.6 Å². The molecule has 146 valence electrons. The van der Waals surface area contributed by atoms with E-state index in [2.05, 4.69) is 16.9 Å². The maximum Gasteiger partial charge on any atom is 0.125 e. The Hall–Kier alpha value is -1.46. The Morgan fingerprint density at radius 3 is 2.67 bits per heavy atom. The molecule has 4 nitrogen and oxygen atoms in total. The molecule has 0 amide bonds. The second-order valence-corrected chi connectivity index (χ2v) is 9.09. The molecular formula is C22H30FN3O. The Kier molecular flexibility index (Phi) is 4.68. The first-order valence-electron chi connectivity index (χ1n) is 10.6. The lowest BCUT2D eigenvalue weighted by molar-refractivity contribution is -0.0276. The third-order valence-corrected chi connectivity index (χ3v) is 6.72. The minimum absolute atomic E-state index is 0.191. The second-order valence-electron chi connectivity index (χ2n) is 9.09. The number of fused-ring (bicyclic) bond motifs is 3. The molecule has 1 aromatic carbocycles. The predicted octanol–water partition coefficient (Wildman–Crippen LogP) is 4.23. The zero-order valence-corrected chi connectivity index (χ0v) is 16.2. The Bertz CT molecular complexity index is 788. The number of ether oxygens (including phenoxy) is 1. The summed E-state index contributed by atoms with van der Waals surface area (Å²) in [7, 11) is 0. The highest BCUT2D eigenvalue weighted by Crippen LogP contribution is 2.38. The minimum atomic E-state index is -0.191. The molecule has 3 aliphatic rings. The summed E-state index contributed by atoms with van der Waals surface area (Å²) >= 11 is 0. The summed E-state index contributed by atoms with van der Waals surface area (Å²) in [6.07, 6.45) is 10.1. The molecule has 5 rings (SSSR count). The predicted molar refractivity (Wildman–Crippen MR) is 104 cm³/mol. The molecule has 2 bridgehead atoms. The van der Waals surface area contributed by atoms with Crippen molar-refractivity contribution in [1.82, 2.24) is 14.7 Å². The van der Waals surface area contributed by atoms with Crippen LogP contribution >= 0.6 is 0 Å². The van der Waals surface area contributed by atoms with Gasteiger partial charge >= 0.3 is 0 Å². The number of halogens is 1. The average Bonchev–Trinajstić information content (AvgIpc) is 3.37. The fraction of sp³-hybridized carbons (Fsp3) is 0.682. The minimum Gasteiger partial charge on any atom is -0.378 e. The summed E-state index contributed by atoms with van der Waals surface area (Å²) in [5.74, 6) is 1.15. The number of piperidine rings is 1. The highest BCUT2D eigenvalue weighted by molar-refractivity contribution is 5.78. The van der Waals surface area contributed by atoms with Gasteiger partial charge in [0.1, 0.15) is 5.82 Å². The lowest BCUT2D eigenvalue weighted by Crippen LogP contribution is -2.47. The Morgan fingerprint density at radius 2 is 1.93 bits per heavy atom. The molecule has 3 fully saturated rings. The van der Waals surface area contributed by atoms with Crippen LogP contribution in [-0.2, 0) is 11.3 Å². The Balaban J connectivity index is 1.19. The van der Waals surface area contributed by atoms with Gasteiger partial charge in [-0.15, -0.1) is 0 Å². The van der Waals surface area contributed by atoms with Crippen molar-refractivity contribution >= 4 is 10.9 Å². The quantitative estimate of drug-likeness (QED) is 0.729. The molecule has 0 radical (unpaired) electrons. The number of nitrogens with zero attached hydrogens (tertiary/aromatic N) is 3. The third kappa shape index (κ3) is 3.77. The molecule has 4 atom stereocenters. The van der Waals surface area contributed by atoms with Gasteiger partial charge < -0.3 is 4.74 Å². The van der Waals surface area contributed by atoms with Gasteiger partial charge in [0.15, 0.2) is 0 Å². The fourth-order valence-corrected chi connectivity index (χ4v) is 5.12. The first-order chi connectivity index (χ1) is 13.2. The molecular weight excluding hydrogens is 341 g/mol. The number of hydrogen-bond donors (Lipinski definition) is 0. The molecule has 3 unspecified atom stereocenters. The van der Waals surface area contributed by atoms with Gasteiger partial charge in [-0.2, -0.15) is 5.10 Å². The maximum atomic E-state index is 13.6. The van der Waals surface area contributed by atoms with Crippen molar-refractivity contribution in [2.24, 2.45) is 11.8 Å². The van der Waals surface area contributed by atoms with Crippen LogP contribution in [0.5, 0.6) is 0 Å². The largest absolute Gasteiger partial charge is 0.378 e. The van der Waals surface area contributed by atoms with E-state index in [0.717, 1.165) is 36.5 Å². The highest BCUT2D eigenvalue weighted by Gasteiger charge is 2.41. The van der Waals surface area contributed by atoms with E-state index in [-0.39, 0.29) is 5.82 Å². The van der Waals surface area contributed by atoms with E-state index in [0.29, 0.717) is 24.1 Å². The Labute approximate surface area is 160 Å². The maximum absolute atomic E-state index is 13.6. The molecule has 0 N–H and O–H groups in total. The van der Waals surface area contributed by atoms with Gasteiger partial charge in [0.05, 0.1) is 17.8 Å². The first kappa shape index (κ1) is 17.6. The van der Waals surface area contributed by atoms with Crippen molar-refractivity contribution in [2.75, 3.05) is 13.2 Å². The van der Waals surface area contributed by atoms with Crippen LogP contribution in [0, 0.1) is 17.7 Å². The number of rotatable bonds is 7. The fourth-order valence-electron chi connectivity index (χ4n) is 5.12. The molecule has 0 spiro atoms. The SMILES string of the molecule is CC(CN1C2CC[C@@H]1CC(OCC1CC1)C2)Cn1ncc2ccc(F)cc21. The van der Waals surface area contributed by atoms with Gasteiger partial charge in [-0.3, -0.25) is 9.58 Å². The molecule has 1 aromatic heterocycles. The average molecular weight is 372 g/mol. The van der Waals surface area contributed by atoms with E-state index in [1.807, 2.05) is 16.9 Å². The highest BCUT2D eigenvalue weighted by atomic mass is 19.1. The first-order valence-corrected chi connectivity index (χ1v) is 10.6. The summed E-state index contributed by atoms with van der Waals surface area (Å²) < 4.78 is 21.8. The molecule has 5 heteroatoms. The molecule has 3 heterocycles. The summed E-state index contributed by atoms with van der Waals surface area (Å²) in [6, 6.07) is 6.28. The van der Waals surface area contributed by atoms with Gasteiger partial charge in [0, 0.05) is 37.2 Å². The van der Waals surface area contributed by atoms with Crippen LogP contribution in [-0.4, -0.2) is 46.0 Å². The summed E-state index contributed by atoms with van der Waals surface area (Å²) in [5, 5.41) is 5.50. The molecule has 2 aliphatic heterocycles. The summed E-state index contributed by atoms with van der Waals surface area (Å²) in [4.78, 5) is 2.73. The zero-order valence-electron chi connectivity index (χ0n) is 16.2. The van der Waals surface area contributed by atoms with Crippen LogP contribution in [0.3, 0.4) is 0 Å². The van der Waals surface area contributed by atoms with Crippen LogP contribution in [0.2, 0.25) is 0 Å². The van der Waals surface area contributed by atoms with Gasteiger partial charge in [-0.25, -0.2) is 4.39 Å². The van der Waals surface area contributed by atoms with Crippen LogP contribution in [0.4, 0.5) is 4.39 Å². The lowest BCUT2D eigenvalue weighted by Gasteiger charge is -2.40. The van der Waals surface area contributed by atoms with Crippen LogP contribution in [0.1, 0.15) is 45.4 Å². The Morgan fingerprint density at radius 1 is 1.15 bits per heavy atom. The molecule has 2 aromatic rings. The van der Waals surface area contributed by atoms with Gasteiger partial charge in [-0.05, 0) is 68.6 Å². The monoisotopic (exact) mass is 371 g/mol. The smallest absolute Gasteiger partial charge is 0.125 e. The van der Waals surface area contributed by atoms with Crippen LogP contribution < -0.4 is 0 Å². The molecule has 1 aliphatic carbocycles. The van der Waals surface area contributed by atoms with Crippen molar-refractivity contribution in [3.05, 3.63) is 30.2 Å². The van der Waals surface area contributed by atoms with Crippen molar-refractivity contribution in [3.8, 4) is 0 Å². The lowest BCUT2D eigenvalue weighted by atomic mass is 9.98. The normalized spacial score (nSPS) is 29.5. The zero-order chi connectivity index (χ0) is 18.4. The van der Waals surface area contributed by atoms with Crippen molar-refractivity contribution in [3.63, 3.8) is 0 Å². The van der Waals surface area contributed by atoms with E-state index in [4.69, 9.17) is 4.74 Å². The van der Waals surface area contributed by atoms with Crippen LogP contribution in [0.25, 0.3) is 10.9 Å². The second kappa shape index (κ2) is 7.17. The molecule has 2 saturated heterocycles. The van der Waals surface area contributed by atoms with Gasteiger partial charge in [0.2, 0.25) is 0 Å². The number of hydrogen-bond acceptors (Lipinski definition) is 3. The number of benzene rings is 1. The van der Waals surface area contributed by atoms with Gasteiger partial charge in [-0.1, -0.05) is 6.92 Å². The molecule has 1 saturated carbocycles. The third-order valence-electron chi connectivity index (χ3n) is 6.72. The van der Waals surface area contributed by atoms with E-state index >= 15 is 0 Å². The standard InChI is InChI=1S/C22H30FN3O/c1-15(13-26-22-8-18(23)5-4-17(22)11-24-26)12-25-19-6-7-20(25)10-21(9-19)27-14-16-2-3-16/h4-5,8,11,15-16,19-21H,2-3,6-7,9-10,12-14H2,1H3/t15?,19-,20?,21?/m1/s1. The topological polar surface area (TPSA) is 30.3 Å². The van der Waals surface area contributed by atoms with Crippen molar-refractivity contribution in [2.45, 2.75) is 70.2 Å². The van der Waals surface area contributed by atoms with E-state index < -0.39 is 0 Å². The number of aromatic nitrogens is 2. The van der Waals surface area contributed by atoms with E-state index in [1.54, 1.807) is 6.07 Å². The van der Waals surface area contributed by atoms with Crippen LogP contribution in [0.15, 0.2) is 24.4 Å². The summed E-state index contributed by atoms with van der Waals surface area (Å²) in [5.41, 5.74) is 0.900. The van der Waals surface area contributed by atoms with Crippen molar-refractivity contribution < 1.29 is 9.13 Å². The molecule has 27 heavy (non-hydrogen) atoms. The summed E-state index contributed by atoms with van der Waals surface area (Å²) in [6.45, 7) is 5.22. The van der Waals surface area contributed by atoms with E-state index in [9.17, 15) is 4.39 Å². The van der Waals surface area contributed by atoms with Gasteiger partial charge in [0.25, 0.3) is 0 Å².